The molecule has 0 saturated carbocycles. The number of alkyl carbamates (subject to hydrolysis) is 1. The van der Waals surface area contributed by atoms with E-state index in [-0.39, 0.29) is 13.0 Å². The highest BCUT2D eigenvalue weighted by molar-refractivity contribution is 5.68. The number of hydrogen-bond acceptors (Lipinski definition) is 5. The van der Waals surface area contributed by atoms with Gasteiger partial charge in [0.2, 0.25) is 0 Å². The van der Waals surface area contributed by atoms with Crippen LogP contribution in [0.4, 0.5) is 4.79 Å². The van der Waals surface area contributed by atoms with Crippen molar-refractivity contribution in [3.8, 4) is 0 Å². The first-order chi connectivity index (χ1) is 6.76. The maximum Gasteiger partial charge on any atom is 0.408 e. The van der Waals surface area contributed by atoms with Gasteiger partial charge in [-0.05, 0) is 33.7 Å². The number of amides is 1. The molecule has 0 aromatic rings. The Morgan fingerprint density at radius 2 is 2.00 bits per heavy atom. The fourth-order valence-corrected chi connectivity index (χ4v) is 0.934. The number of nitrogens with one attached hydrogen (secondary N) is 1. The molecular formula is C9H20N2O4. The van der Waals surface area contributed by atoms with Crippen molar-refractivity contribution in [2.24, 2.45) is 5.73 Å². The monoisotopic (exact) mass is 220 g/mol. The first-order valence-corrected chi connectivity index (χ1v) is 4.82. The molecule has 0 saturated heterocycles. The largest absolute Gasteiger partial charge is 0.444 e. The van der Waals surface area contributed by atoms with E-state index in [1.165, 1.54) is 0 Å². The number of carbonyl (C=O) groups excluding carboxylic acids is 1. The zero-order valence-electron chi connectivity index (χ0n) is 9.36. The Balaban J connectivity index is 4.11. The van der Waals surface area contributed by atoms with E-state index in [1.807, 2.05) is 0 Å². The van der Waals surface area contributed by atoms with Crippen LogP contribution in [0.2, 0.25) is 0 Å². The quantitative estimate of drug-likeness (QED) is 0.480. The molecule has 0 aliphatic heterocycles. The molecule has 1 atom stereocenters. The normalized spacial score (nSPS) is 13.8. The van der Waals surface area contributed by atoms with Crippen molar-refractivity contribution >= 4 is 6.09 Å². The van der Waals surface area contributed by atoms with Crippen molar-refractivity contribution < 1.29 is 19.7 Å². The summed E-state index contributed by atoms with van der Waals surface area (Å²) in [4.78, 5) is 11.3. The lowest BCUT2D eigenvalue weighted by atomic mass is 10.2. The number of aliphatic hydroxyl groups excluding tert-OH is 1. The van der Waals surface area contributed by atoms with Crippen molar-refractivity contribution in [1.29, 1.82) is 0 Å². The van der Waals surface area contributed by atoms with Crippen LogP contribution < -0.4 is 11.1 Å². The van der Waals surface area contributed by atoms with Crippen LogP contribution in [0.5, 0.6) is 0 Å². The van der Waals surface area contributed by atoms with Crippen molar-refractivity contribution in [3.63, 3.8) is 0 Å². The van der Waals surface area contributed by atoms with Crippen LogP contribution in [0.1, 0.15) is 27.2 Å². The summed E-state index contributed by atoms with van der Waals surface area (Å²) < 4.78 is 4.95. The molecule has 0 fully saturated rings. The Morgan fingerprint density at radius 3 is 2.33 bits per heavy atom. The van der Waals surface area contributed by atoms with Gasteiger partial charge >= 0.3 is 6.09 Å². The van der Waals surface area contributed by atoms with Gasteiger partial charge in [-0.1, -0.05) is 0 Å². The van der Waals surface area contributed by atoms with Crippen molar-refractivity contribution in [3.05, 3.63) is 0 Å². The van der Waals surface area contributed by atoms with E-state index in [9.17, 15) is 4.79 Å². The molecule has 1 amide bonds. The highest BCUT2D eigenvalue weighted by Crippen LogP contribution is 2.07. The van der Waals surface area contributed by atoms with Crippen molar-refractivity contribution in [2.75, 3.05) is 6.54 Å². The Morgan fingerprint density at radius 1 is 1.47 bits per heavy atom. The molecule has 6 heteroatoms. The number of aliphatic hydroxyl groups is 2. The van der Waals surface area contributed by atoms with E-state index in [0.29, 0.717) is 0 Å². The third-order valence-corrected chi connectivity index (χ3v) is 1.54. The third-order valence-electron chi connectivity index (χ3n) is 1.54. The Labute approximate surface area is 89.4 Å². The minimum Gasteiger partial charge on any atom is -0.444 e. The second kappa shape index (κ2) is 5.89. The summed E-state index contributed by atoms with van der Waals surface area (Å²) in [5.41, 5.74) is 4.64. The van der Waals surface area contributed by atoms with Gasteiger partial charge in [0, 0.05) is 0 Å². The van der Waals surface area contributed by atoms with Crippen LogP contribution in [0.15, 0.2) is 0 Å². The van der Waals surface area contributed by atoms with Gasteiger partial charge in [-0.2, -0.15) is 0 Å². The van der Waals surface area contributed by atoms with Gasteiger partial charge in [0.15, 0.2) is 6.29 Å². The number of rotatable bonds is 4. The summed E-state index contributed by atoms with van der Waals surface area (Å²) in [5.74, 6) is 0. The van der Waals surface area contributed by atoms with Gasteiger partial charge in [0.05, 0.1) is 6.04 Å². The van der Waals surface area contributed by atoms with Crippen molar-refractivity contribution in [1.82, 2.24) is 5.32 Å². The van der Waals surface area contributed by atoms with E-state index in [4.69, 9.17) is 20.7 Å². The molecule has 0 spiro atoms. The molecule has 0 unspecified atom stereocenters. The Bertz CT molecular complexity index is 201. The average Bonchev–Trinajstić information content (AvgIpc) is 1.99. The molecule has 0 aliphatic rings. The highest BCUT2D eigenvalue weighted by Gasteiger charge is 2.22. The fraction of sp³-hybridized carbons (Fsp3) is 0.889. The van der Waals surface area contributed by atoms with Crippen molar-refractivity contribution in [2.45, 2.75) is 45.1 Å². The lowest BCUT2D eigenvalue weighted by Gasteiger charge is -2.24. The second-order valence-electron chi connectivity index (χ2n) is 4.24. The lowest BCUT2D eigenvalue weighted by molar-refractivity contribution is -0.0693. The summed E-state index contributed by atoms with van der Waals surface area (Å²) in [6.45, 7) is 5.41. The van der Waals surface area contributed by atoms with E-state index < -0.39 is 24.0 Å². The van der Waals surface area contributed by atoms with Gasteiger partial charge in [0.25, 0.3) is 0 Å². The van der Waals surface area contributed by atoms with E-state index in [2.05, 4.69) is 5.32 Å². The highest BCUT2D eigenvalue weighted by atomic mass is 16.6. The molecule has 0 radical (unpaired) electrons. The third kappa shape index (κ3) is 7.12. The molecular weight excluding hydrogens is 200 g/mol. The van der Waals surface area contributed by atoms with Gasteiger partial charge in [0.1, 0.15) is 5.60 Å². The maximum atomic E-state index is 11.3. The Kier molecular flexibility index (Phi) is 5.56. The van der Waals surface area contributed by atoms with E-state index in [1.54, 1.807) is 20.8 Å². The topological polar surface area (TPSA) is 105 Å². The van der Waals surface area contributed by atoms with Gasteiger partial charge in [-0.15, -0.1) is 0 Å². The average molecular weight is 220 g/mol. The molecule has 0 aliphatic carbocycles. The number of hydrogen-bond donors (Lipinski definition) is 4. The Hall–Kier alpha value is -0.850. The molecule has 90 valence electrons. The van der Waals surface area contributed by atoms with Crippen LogP contribution in [-0.4, -0.2) is 40.8 Å². The number of carbonyl (C=O) groups is 1. The zero-order valence-corrected chi connectivity index (χ0v) is 9.36. The predicted molar refractivity (Wildman–Crippen MR) is 55.1 cm³/mol. The predicted octanol–water partition coefficient (Wildman–Crippen LogP) is -0.461. The van der Waals surface area contributed by atoms with Crippen LogP contribution in [0.3, 0.4) is 0 Å². The molecule has 0 rings (SSSR count). The lowest BCUT2D eigenvalue weighted by Crippen LogP contribution is -2.46. The molecule has 0 bridgehead atoms. The second-order valence-corrected chi connectivity index (χ2v) is 4.24. The summed E-state index contributed by atoms with van der Waals surface area (Å²) in [6.07, 6.45) is -2.05. The van der Waals surface area contributed by atoms with E-state index >= 15 is 0 Å². The summed E-state index contributed by atoms with van der Waals surface area (Å²) >= 11 is 0. The first-order valence-electron chi connectivity index (χ1n) is 4.82. The minimum absolute atomic E-state index is 0.248. The number of ether oxygens (including phenoxy) is 1. The first kappa shape index (κ1) is 14.2. The van der Waals surface area contributed by atoms with Gasteiger partial charge < -0.3 is 26.0 Å². The van der Waals surface area contributed by atoms with E-state index in [0.717, 1.165) is 0 Å². The molecule has 0 heterocycles. The standard InChI is InChI=1S/C9H20N2O4/c1-9(2,3)15-8(14)11-6(4-5-10)7(12)13/h6-7,12-13H,4-5,10H2,1-3H3,(H,11,14)/t6-/m0/s1. The fourth-order valence-electron chi connectivity index (χ4n) is 0.934. The molecule has 0 aromatic heterocycles. The van der Waals surface area contributed by atoms with Crippen LogP contribution >= 0.6 is 0 Å². The van der Waals surface area contributed by atoms with Gasteiger partial charge in [-0.3, -0.25) is 0 Å². The van der Waals surface area contributed by atoms with Crippen LogP contribution in [-0.2, 0) is 4.74 Å². The van der Waals surface area contributed by atoms with Crippen LogP contribution in [0, 0.1) is 0 Å². The summed E-state index contributed by atoms with van der Waals surface area (Å²) in [5, 5.41) is 20.2. The summed E-state index contributed by atoms with van der Waals surface area (Å²) in [7, 11) is 0. The summed E-state index contributed by atoms with van der Waals surface area (Å²) in [6, 6.07) is -0.801. The molecule has 6 nitrogen and oxygen atoms in total. The SMILES string of the molecule is CC(C)(C)OC(=O)N[C@@H](CCN)C(O)O. The van der Waals surface area contributed by atoms with Crippen LogP contribution in [0.25, 0.3) is 0 Å². The molecule has 5 N–H and O–H groups in total. The van der Waals surface area contributed by atoms with Gasteiger partial charge in [-0.25, -0.2) is 4.79 Å². The zero-order chi connectivity index (χ0) is 12.1. The molecule has 0 aromatic carbocycles. The minimum atomic E-state index is -1.64. The maximum absolute atomic E-state index is 11.3. The molecule has 15 heavy (non-hydrogen) atoms. The number of nitrogens with two attached hydrogens (primary N) is 1. The smallest absolute Gasteiger partial charge is 0.408 e.